The highest BCUT2D eigenvalue weighted by Crippen LogP contribution is 2.37. The van der Waals surface area contributed by atoms with Crippen LogP contribution in [0.3, 0.4) is 0 Å². The third kappa shape index (κ3) is 5.43. The summed E-state index contributed by atoms with van der Waals surface area (Å²) in [7, 11) is -3.78. The number of sulfonamides is 1. The van der Waals surface area contributed by atoms with Gasteiger partial charge >= 0.3 is 0 Å². The number of aryl methyl sites for hydroxylation is 1. The molecule has 0 amide bonds. The Bertz CT molecular complexity index is 1380. The Balaban J connectivity index is 1.39. The average Bonchev–Trinajstić information content (AvgIpc) is 2.93. The van der Waals surface area contributed by atoms with E-state index in [1.54, 1.807) is 41.1 Å². The summed E-state index contributed by atoms with van der Waals surface area (Å²) in [6.45, 7) is 0.764. The minimum Gasteiger partial charge on any atom is -0.289 e. The maximum Gasteiger partial charge on any atom is 0.243 e. The van der Waals surface area contributed by atoms with E-state index in [1.165, 1.54) is 0 Å². The SMILES string of the molecule is O=S(=O)(c1ccc(CNNc2ncccn2)cc1)N(Cc1ccccc1)C1CCCc2cccnc21. The second kappa shape index (κ2) is 10.9. The van der Waals surface area contributed by atoms with Crippen molar-refractivity contribution >= 4 is 16.0 Å². The number of aromatic nitrogens is 3. The smallest absolute Gasteiger partial charge is 0.243 e. The van der Waals surface area contributed by atoms with Crippen LogP contribution in [0.15, 0.2) is 96.3 Å². The lowest BCUT2D eigenvalue weighted by Crippen LogP contribution is -2.36. The number of nitrogens with one attached hydrogen (secondary N) is 2. The van der Waals surface area contributed by atoms with Crippen molar-refractivity contribution in [1.82, 2.24) is 24.7 Å². The van der Waals surface area contributed by atoms with Crippen molar-refractivity contribution in [3.05, 3.63) is 114 Å². The largest absolute Gasteiger partial charge is 0.289 e. The van der Waals surface area contributed by atoms with Gasteiger partial charge < -0.3 is 0 Å². The first-order valence-electron chi connectivity index (χ1n) is 12.0. The third-order valence-corrected chi connectivity index (χ3v) is 8.15. The molecule has 1 unspecified atom stereocenters. The first kappa shape index (κ1) is 24.1. The summed E-state index contributed by atoms with van der Waals surface area (Å²) < 4.78 is 29.6. The van der Waals surface area contributed by atoms with Gasteiger partial charge in [0.15, 0.2) is 0 Å². The van der Waals surface area contributed by atoms with Gasteiger partial charge in [-0.1, -0.05) is 48.5 Å². The topological polar surface area (TPSA) is 100 Å². The summed E-state index contributed by atoms with van der Waals surface area (Å²) in [5.74, 6) is 0.467. The van der Waals surface area contributed by atoms with E-state index in [9.17, 15) is 8.42 Å². The van der Waals surface area contributed by atoms with Crippen molar-refractivity contribution < 1.29 is 8.42 Å². The molecule has 0 fully saturated rings. The standard InChI is InChI=1S/C27H28N6O2S/c34-36(35,24-14-12-21(13-15-24)19-31-32-27-29-17-6-18-30-27)33(20-22-7-2-1-3-8-22)25-11-4-9-23-10-5-16-28-26(23)25/h1-3,5-8,10,12-18,25,31H,4,9,11,19-20H2,(H,29,30,32). The molecule has 0 saturated heterocycles. The Morgan fingerprint density at radius 3 is 2.36 bits per heavy atom. The van der Waals surface area contributed by atoms with E-state index in [1.807, 2.05) is 48.5 Å². The molecular formula is C27H28N6O2S. The molecule has 0 bridgehead atoms. The Morgan fingerprint density at radius 2 is 1.58 bits per heavy atom. The number of pyridine rings is 1. The molecule has 0 spiro atoms. The molecule has 0 radical (unpaired) electrons. The van der Waals surface area contributed by atoms with Crippen LogP contribution in [0.2, 0.25) is 0 Å². The molecule has 8 nitrogen and oxygen atoms in total. The average molecular weight is 501 g/mol. The van der Waals surface area contributed by atoms with E-state index in [2.05, 4.69) is 31.9 Å². The zero-order valence-electron chi connectivity index (χ0n) is 19.8. The second-order valence-corrected chi connectivity index (χ2v) is 10.6. The Kier molecular flexibility index (Phi) is 7.31. The minimum atomic E-state index is -3.78. The number of hydrogen-bond donors (Lipinski definition) is 2. The molecular weight excluding hydrogens is 472 g/mol. The lowest BCUT2D eigenvalue weighted by atomic mass is 9.92. The first-order valence-corrected chi connectivity index (χ1v) is 13.4. The number of nitrogens with zero attached hydrogens (tertiary/aromatic N) is 4. The third-order valence-electron chi connectivity index (χ3n) is 6.28. The molecule has 4 aromatic rings. The molecule has 0 aliphatic heterocycles. The molecule has 1 atom stereocenters. The maximum atomic E-state index is 14.0. The molecule has 2 aromatic carbocycles. The molecule has 36 heavy (non-hydrogen) atoms. The second-order valence-electron chi connectivity index (χ2n) is 8.69. The van der Waals surface area contributed by atoms with E-state index in [4.69, 9.17) is 0 Å². The first-order chi connectivity index (χ1) is 17.6. The zero-order chi connectivity index (χ0) is 24.8. The van der Waals surface area contributed by atoms with Crippen LogP contribution in [0.1, 0.15) is 41.3 Å². The molecule has 2 N–H and O–H groups in total. The van der Waals surface area contributed by atoms with Gasteiger partial charge in [-0.2, -0.15) is 4.31 Å². The highest BCUT2D eigenvalue weighted by molar-refractivity contribution is 7.89. The van der Waals surface area contributed by atoms with Crippen molar-refractivity contribution in [2.24, 2.45) is 0 Å². The molecule has 1 aliphatic rings. The predicted octanol–water partition coefficient (Wildman–Crippen LogP) is 4.26. The van der Waals surface area contributed by atoms with E-state index in [0.29, 0.717) is 12.5 Å². The Hall–Kier alpha value is -3.66. The van der Waals surface area contributed by atoms with Crippen molar-refractivity contribution in [3.63, 3.8) is 0 Å². The van der Waals surface area contributed by atoms with Crippen LogP contribution in [0.4, 0.5) is 5.95 Å². The van der Waals surface area contributed by atoms with Gasteiger partial charge in [0.25, 0.3) is 0 Å². The fraction of sp³-hybridized carbons (Fsp3) is 0.222. The van der Waals surface area contributed by atoms with Crippen LogP contribution in [0.5, 0.6) is 0 Å². The van der Waals surface area contributed by atoms with E-state index in [-0.39, 0.29) is 17.5 Å². The summed E-state index contributed by atoms with van der Waals surface area (Å²) >= 11 is 0. The van der Waals surface area contributed by atoms with Gasteiger partial charge in [0.1, 0.15) is 0 Å². The summed E-state index contributed by atoms with van der Waals surface area (Å²) in [5, 5.41) is 0. The van der Waals surface area contributed by atoms with Gasteiger partial charge in [-0.25, -0.2) is 23.8 Å². The van der Waals surface area contributed by atoms with Crippen LogP contribution in [0.25, 0.3) is 0 Å². The summed E-state index contributed by atoms with van der Waals surface area (Å²) in [6.07, 6.45) is 7.64. The summed E-state index contributed by atoms with van der Waals surface area (Å²) in [5.41, 5.74) is 9.84. The molecule has 184 valence electrons. The van der Waals surface area contributed by atoms with Gasteiger partial charge in [0.05, 0.1) is 16.6 Å². The van der Waals surface area contributed by atoms with Gasteiger partial charge in [-0.3, -0.25) is 10.4 Å². The maximum absolute atomic E-state index is 14.0. The van der Waals surface area contributed by atoms with Crippen LogP contribution < -0.4 is 10.9 Å². The quantitative estimate of drug-likeness (QED) is 0.331. The lowest BCUT2D eigenvalue weighted by Gasteiger charge is -2.34. The van der Waals surface area contributed by atoms with Gasteiger partial charge in [0.2, 0.25) is 16.0 Å². The minimum absolute atomic E-state index is 0.268. The Morgan fingerprint density at radius 1 is 0.833 bits per heavy atom. The molecule has 1 aliphatic carbocycles. The predicted molar refractivity (Wildman–Crippen MR) is 138 cm³/mol. The molecule has 2 aromatic heterocycles. The summed E-state index contributed by atoms with van der Waals surface area (Å²) in [6, 6.07) is 22.1. The molecule has 2 heterocycles. The van der Waals surface area contributed by atoms with Crippen LogP contribution in [-0.4, -0.2) is 27.7 Å². The van der Waals surface area contributed by atoms with E-state index in [0.717, 1.165) is 41.6 Å². The molecule has 0 saturated carbocycles. The van der Waals surface area contributed by atoms with Crippen molar-refractivity contribution in [2.45, 2.75) is 43.3 Å². The zero-order valence-corrected chi connectivity index (χ0v) is 20.6. The highest BCUT2D eigenvalue weighted by atomic mass is 32.2. The monoisotopic (exact) mass is 500 g/mol. The molecule has 9 heteroatoms. The number of benzene rings is 2. The van der Waals surface area contributed by atoms with Gasteiger partial charge in [-0.15, -0.1) is 0 Å². The number of hydrazine groups is 1. The van der Waals surface area contributed by atoms with E-state index < -0.39 is 10.0 Å². The highest BCUT2D eigenvalue weighted by Gasteiger charge is 2.35. The number of fused-ring (bicyclic) bond motifs is 1. The van der Waals surface area contributed by atoms with Gasteiger partial charge in [0, 0.05) is 31.7 Å². The van der Waals surface area contributed by atoms with Crippen LogP contribution in [-0.2, 0) is 29.5 Å². The van der Waals surface area contributed by atoms with Crippen molar-refractivity contribution in [1.29, 1.82) is 0 Å². The number of anilines is 1. The lowest BCUT2D eigenvalue weighted by molar-refractivity contribution is 0.281. The fourth-order valence-electron chi connectivity index (χ4n) is 4.49. The number of hydrogen-bond acceptors (Lipinski definition) is 7. The van der Waals surface area contributed by atoms with Crippen LogP contribution in [0, 0.1) is 0 Å². The summed E-state index contributed by atoms with van der Waals surface area (Å²) in [4.78, 5) is 13.1. The van der Waals surface area contributed by atoms with E-state index >= 15 is 0 Å². The normalized spacial score (nSPS) is 15.4. The number of rotatable bonds is 9. The van der Waals surface area contributed by atoms with Crippen LogP contribution >= 0.6 is 0 Å². The molecule has 5 rings (SSSR count). The fourth-order valence-corrected chi connectivity index (χ4v) is 6.11. The van der Waals surface area contributed by atoms with Crippen molar-refractivity contribution in [3.8, 4) is 0 Å². The van der Waals surface area contributed by atoms with Gasteiger partial charge in [-0.05, 0) is 60.2 Å². The Labute approximate surface area is 211 Å². The van der Waals surface area contributed by atoms with Crippen molar-refractivity contribution in [2.75, 3.05) is 5.43 Å².